The van der Waals surface area contributed by atoms with Crippen LogP contribution in [0.3, 0.4) is 0 Å². The average molecular weight is 378 g/mol. The zero-order valence-corrected chi connectivity index (χ0v) is 14.7. The maximum atomic E-state index is 13.8. The normalized spacial score (nSPS) is 11.1. The lowest BCUT2D eigenvalue weighted by Crippen LogP contribution is -2.30. The summed E-state index contributed by atoms with van der Waals surface area (Å²) in [7, 11) is 0. The molecule has 0 aliphatic carbocycles. The van der Waals surface area contributed by atoms with Crippen molar-refractivity contribution in [3.63, 3.8) is 0 Å². The molecule has 0 unspecified atom stereocenters. The smallest absolute Gasteiger partial charge is 0.308 e. The summed E-state index contributed by atoms with van der Waals surface area (Å²) >= 11 is 0. The summed E-state index contributed by atoms with van der Waals surface area (Å²) < 4.78 is 51.9. The number of hydrogen-bond donors (Lipinski definition) is 0. The van der Waals surface area contributed by atoms with Gasteiger partial charge in [-0.05, 0) is 42.3 Å². The highest BCUT2D eigenvalue weighted by atomic mass is 19.4. The molecule has 0 atom stereocenters. The molecule has 3 nitrogen and oxygen atoms in total. The number of nitrogens with zero attached hydrogens (tertiary/aromatic N) is 2. The van der Waals surface area contributed by atoms with Crippen LogP contribution in [0, 0.1) is 17.1 Å². The molecule has 2 aromatic carbocycles. The SMILES string of the molecule is CCCCC(=O)N(Cc1ccc(C(F)(F)F)cc1)c1cc(F)cc(C#N)c1. The van der Waals surface area contributed by atoms with Gasteiger partial charge in [0, 0.05) is 12.1 Å². The van der Waals surface area contributed by atoms with Crippen LogP contribution in [0.1, 0.15) is 42.9 Å². The minimum absolute atomic E-state index is 0.0188. The maximum absolute atomic E-state index is 13.8. The van der Waals surface area contributed by atoms with Crippen LogP contribution in [-0.2, 0) is 17.5 Å². The van der Waals surface area contributed by atoms with Crippen molar-refractivity contribution in [2.75, 3.05) is 4.90 Å². The van der Waals surface area contributed by atoms with Gasteiger partial charge in [-0.3, -0.25) is 4.79 Å². The molecule has 0 saturated heterocycles. The molecule has 7 heteroatoms. The fourth-order valence-electron chi connectivity index (χ4n) is 2.56. The molecule has 0 aliphatic heterocycles. The van der Waals surface area contributed by atoms with Crippen LogP contribution in [0.4, 0.5) is 23.2 Å². The lowest BCUT2D eigenvalue weighted by molar-refractivity contribution is -0.137. The molecule has 0 fully saturated rings. The van der Waals surface area contributed by atoms with Gasteiger partial charge in [-0.25, -0.2) is 4.39 Å². The van der Waals surface area contributed by atoms with Crippen LogP contribution in [0.25, 0.3) is 0 Å². The Morgan fingerprint density at radius 1 is 1.15 bits per heavy atom. The Bertz CT molecular complexity index is 839. The molecule has 2 aromatic rings. The lowest BCUT2D eigenvalue weighted by atomic mass is 10.1. The van der Waals surface area contributed by atoms with Crippen LogP contribution in [-0.4, -0.2) is 5.91 Å². The fourth-order valence-corrected chi connectivity index (χ4v) is 2.56. The second-order valence-corrected chi connectivity index (χ2v) is 6.09. The minimum Gasteiger partial charge on any atom is -0.308 e. The Morgan fingerprint density at radius 2 is 1.81 bits per heavy atom. The van der Waals surface area contributed by atoms with Crippen molar-refractivity contribution in [3.05, 3.63) is 65.0 Å². The molecule has 0 aliphatic rings. The van der Waals surface area contributed by atoms with Crippen molar-refractivity contribution < 1.29 is 22.4 Å². The van der Waals surface area contributed by atoms with Crippen molar-refractivity contribution in [2.24, 2.45) is 0 Å². The molecule has 1 amide bonds. The molecule has 0 radical (unpaired) electrons. The van der Waals surface area contributed by atoms with Crippen LogP contribution in [0.15, 0.2) is 42.5 Å². The highest BCUT2D eigenvalue weighted by Gasteiger charge is 2.30. The van der Waals surface area contributed by atoms with Crippen LogP contribution < -0.4 is 4.90 Å². The predicted octanol–water partition coefficient (Wildman–Crippen LogP) is 5.44. The van der Waals surface area contributed by atoms with E-state index in [1.54, 1.807) is 0 Å². The third kappa shape index (κ3) is 5.55. The average Bonchev–Trinajstić information content (AvgIpc) is 2.63. The Hall–Kier alpha value is -2.88. The summed E-state index contributed by atoms with van der Waals surface area (Å²) in [6.45, 7) is 1.90. The van der Waals surface area contributed by atoms with Crippen molar-refractivity contribution in [3.8, 4) is 6.07 Å². The number of rotatable bonds is 6. The van der Waals surface area contributed by atoms with Gasteiger partial charge in [0.2, 0.25) is 5.91 Å². The van der Waals surface area contributed by atoms with E-state index in [-0.39, 0.29) is 30.1 Å². The number of amides is 1. The van der Waals surface area contributed by atoms with Crippen LogP contribution >= 0.6 is 0 Å². The van der Waals surface area contributed by atoms with E-state index < -0.39 is 17.6 Å². The van der Waals surface area contributed by atoms with Crippen molar-refractivity contribution in [2.45, 2.75) is 38.9 Å². The highest BCUT2D eigenvalue weighted by molar-refractivity contribution is 5.93. The molecular formula is C20H18F4N2O. The topological polar surface area (TPSA) is 44.1 Å². The van der Waals surface area contributed by atoms with Gasteiger partial charge in [-0.15, -0.1) is 0 Å². The molecule has 0 spiro atoms. The van der Waals surface area contributed by atoms with E-state index in [1.165, 1.54) is 23.1 Å². The lowest BCUT2D eigenvalue weighted by Gasteiger charge is -2.23. The zero-order valence-electron chi connectivity index (χ0n) is 14.7. The summed E-state index contributed by atoms with van der Waals surface area (Å²) in [6, 6.07) is 9.85. The Kier molecular flexibility index (Phi) is 6.56. The van der Waals surface area contributed by atoms with Gasteiger partial charge in [0.25, 0.3) is 0 Å². The van der Waals surface area contributed by atoms with E-state index in [0.29, 0.717) is 12.0 Å². The molecule has 27 heavy (non-hydrogen) atoms. The van der Waals surface area contributed by atoms with Gasteiger partial charge in [0.1, 0.15) is 5.82 Å². The Balaban J connectivity index is 2.35. The number of nitriles is 1. The summed E-state index contributed by atoms with van der Waals surface area (Å²) in [5.74, 6) is -0.948. The number of halogens is 4. The first-order chi connectivity index (χ1) is 12.7. The minimum atomic E-state index is -4.45. The number of carbonyl (C=O) groups excluding carboxylic acids is 1. The van der Waals surface area contributed by atoms with E-state index in [9.17, 15) is 22.4 Å². The second kappa shape index (κ2) is 8.67. The number of anilines is 1. The third-order valence-corrected chi connectivity index (χ3v) is 3.99. The quantitative estimate of drug-likeness (QED) is 0.628. The molecule has 0 heterocycles. The number of hydrogen-bond acceptors (Lipinski definition) is 2. The number of alkyl halides is 3. The predicted molar refractivity (Wildman–Crippen MR) is 93.3 cm³/mol. The van der Waals surface area contributed by atoms with E-state index in [0.717, 1.165) is 30.7 Å². The van der Waals surface area contributed by atoms with Crippen molar-refractivity contribution in [1.29, 1.82) is 5.26 Å². The molecule has 0 saturated carbocycles. The molecule has 2 rings (SSSR count). The first-order valence-electron chi connectivity index (χ1n) is 8.41. The van der Waals surface area contributed by atoms with Crippen molar-refractivity contribution >= 4 is 11.6 Å². The number of carbonyl (C=O) groups is 1. The van der Waals surface area contributed by atoms with E-state index >= 15 is 0 Å². The van der Waals surface area contributed by atoms with Gasteiger partial charge >= 0.3 is 6.18 Å². The van der Waals surface area contributed by atoms with Gasteiger partial charge in [0.15, 0.2) is 0 Å². The largest absolute Gasteiger partial charge is 0.416 e. The zero-order chi connectivity index (χ0) is 20.0. The van der Waals surface area contributed by atoms with Gasteiger partial charge in [-0.2, -0.15) is 18.4 Å². The summed E-state index contributed by atoms with van der Waals surface area (Å²) in [5.41, 5.74) is -0.0542. The van der Waals surface area contributed by atoms with Crippen molar-refractivity contribution in [1.82, 2.24) is 0 Å². The summed E-state index contributed by atoms with van der Waals surface area (Å²) in [4.78, 5) is 13.9. The second-order valence-electron chi connectivity index (χ2n) is 6.09. The monoisotopic (exact) mass is 378 g/mol. The van der Waals surface area contributed by atoms with E-state index in [1.807, 2.05) is 13.0 Å². The molecule has 0 N–H and O–H groups in total. The van der Waals surface area contributed by atoms with Crippen LogP contribution in [0.5, 0.6) is 0 Å². The highest BCUT2D eigenvalue weighted by Crippen LogP contribution is 2.30. The third-order valence-electron chi connectivity index (χ3n) is 3.99. The summed E-state index contributed by atoms with van der Waals surface area (Å²) in [5, 5.41) is 9.02. The number of unbranched alkanes of at least 4 members (excludes halogenated alkanes) is 1. The summed E-state index contributed by atoms with van der Waals surface area (Å²) in [6.07, 6.45) is -2.82. The maximum Gasteiger partial charge on any atom is 0.416 e. The first kappa shape index (κ1) is 20.4. The molecule has 0 aromatic heterocycles. The number of benzene rings is 2. The molecular weight excluding hydrogens is 360 g/mol. The standard InChI is InChI=1S/C20H18F4N2O/c1-2-3-4-19(27)26(18-10-15(12-25)9-17(21)11-18)13-14-5-7-16(8-6-14)20(22,23)24/h5-11H,2-4,13H2,1H3. The van der Waals surface area contributed by atoms with Crippen LogP contribution in [0.2, 0.25) is 0 Å². The Labute approximate surface area is 154 Å². The first-order valence-corrected chi connectivity index (χ1v) is 8.41. The molecule has 142 valence electrons. The van der Waals surface area contributed by atoms with Gasteiger partial charge < -0.3 is 4.90 Å². The van der Waals surface area contributed by atoms with Gasteiger partial charge in [0.05, 0.1) is 23.7 Å². The Morgan fingerprint density at radius 3 is 2.37 bits per heavy atom. The van der Waals surface area contributed by atoms with E-state index in [2.05, 4.69) is 0 Å². The van der Waals surface area contributed by atoms with Gasteiger partial charge in [-0.1, -0.05) is 25.5 Å². The molecule has 0 bridgehead atoms. The fraction of sp³-hybridized carbons (Fsp3) is 0.300. The van der Waals surface area contributed by atoms with E-state index in [4.69, 9.17) is 5.26 Å².